The van der Waals surface area contributed by atoms with Gasteiger partial charge in [0.25, 0.3) is 10.0 Å². The lowest BCUT2D eigenvalue weighted by atomic mass is 10.1. The highest BCUT2D eigenvalue weighted by Gasteiger charge is 2.20. The highest BCUT2D eigenvalue weighted by atomic mass is 32.2. The molecule has 0 atom stereocenters. The van der Waals surface area contributed by atoms with E-state index < -0.39 is 10.0 Å². The predicted molar refractivity (Wildman–Crippen MR) is 83.8 cm³/mol. The summed E-state index contributed by atoms with van der Waals surface area (Å²) in [5.74, 6) is 0.519. The maximum atomic E-state index is 12.5. The molecule has 1 aromatic heterocycles. The summed E-state index contributed by atoms with van der Waals surface area (Å²) in [5, 5.41) is 6.79. The maximum Gasteiger partial charge on any atom is 0.263 e. The Morgan fingerprint density at radius 1 is 1.24 bits per heavy atom. The second kappa shape index (κ2) is 5.40. The van der Waals surface area contributed by atoms with Gasteiger partial charge in [0, 0.05) is 17.4 Å². The summed E-state index contributed by atoms with van der Waals surface area (Å²) in [5.41, 5.74) is 8.50. The Bertz CT molecular complexity index is 763. The average molecular weight is 308 g/mol. The number of nitrogens with zero attached hydrogens (tertiary/aromatic N) is 1. The third-order valence-corrected chi connectivity index (χ3v) is 4.77. The van der Waals surface area contributed by atoms with Gasteiger partial charge >= 0.3 is 0 Å². The molecule has 0 saturated heterocycles. The van der Waals surface area contributed by atoms with Crippen molar-refractivity contribution in [3.8, 4) is 0 Å². The van der Waals surface area contributed by atoms with Gasteiger partial charge in [-0.15, -0.1) is 0 Å². The first kappa shape index (κ1) is 15.4. The zero-order valence-corrected chi connectivity index (χ0v) is 13.4. The molecule has 0 spiro atoms. The number of aromatic nitrogens is 2. The molecule has 0 aliphatic rings. The maximum absolute atomic E-state index is 12.5. The molecule has 1 heterocycles. The Labute approximate surface area is 124 Å². The van der Waals surface area contributed by atoms with Crippen LogP contribution in [0.1, 0.15) is 36.6 Å². The molecule has 0 aliphatic heterocycles. The van der Waals surface area contributed by atoms with Gasteiger partial charge < -0.3 is 5.73 Å². The van der Waals surface area contributed by atoms with Gasteiger partial charge in [0.2, 0.25) is 0 Å². The number of sulfonamides is 1. The van der Waals surface area contributed by atoms with E-state index in [0.29, 0.717) is 11.3 Å². The van der Waals surface area contributed by atoms with E-state index in [2.05, 4.69) is 14.9 Å². The van der Waals surface area contributed by atoms with E-state index in [9.17, 15) is 8.42 Å². The third-order valence-electron chi connectivity index (χ3n) is 3.29. The van der Waals surface area contributed by atoms with E-state index in [1.54, 1.807) is 32.0 Å². The zero-order chi connectivity index (χ0) is 15.8. The van der Waals surface area contributed by atoms with Crippen LogP contribution in [-0.2, 0) is 10.0 Å². The molecule has 1 aromatic carbocycles. The van der Waals surface area contributed by atoms with Crippen LogP contribution in [0.3, 0.4) is 0 Å². The first-order valence-electron chi connectivity index (χ1n) is 6.65. The van der Waals surface area contributed by atoms with Gasteiger partial charge in [-0.2, -0.15) is 5.10 Å². The number of nitrogens with one attached hydrogen (secondary N) is 2. The molecule has 0 aliphatic carbocycles. The van der Waals surface area contributed by atoms with Gasteiger partial charge in [0.05, 0.1) is 4.90 Å². The molecule has 0 saturated carbocycles. The van der Waals surface area contributed by atoms with E-state index >= 15 is 0 Å². The fourth-order valence-corrected chi connectivity index (χ4v) is 3.36. The minimum absolute atomic E-state index is 0.175. The molecule has 2 rings (SSSR count). The molecule has 21 heavy (non-hydrogen) atoms. The number of aromatic amines is 1. The zero-order valence-electron chi connectivity index (χ0n) is 12.6. The van der Waals surface area contributed by atoms with Crippen LogP contribution in [0, 0.1) is 13.8 Å². The Morgan fingerprint density at radius 3 is 2.48 bits per heavy atom. The monoisotopic (exact) mass is 308 g/mol. The molecule has 4 N–H and O–H groups in total. The van der Waals surface area contributed by atoms with Crippen molar-refractivity contribution >= 4 is 21.5 Å². The second-order valence-electron chi connectivity index (χ2n) is 5.45. The van der Waals surface area contributed by atoms with Crippen molar-refractivity contribution in [3.05, 3.63) is 35.0 Å². The summed E-state index contributed by atoms with van der Waals surface area (Å²) in [4.78, 5) is 0.175. The number of hydrogen-bond acceptors (Lipinski definition) is 4. The fourth-order valence-electron chi connectivity index (χ4n) is 2.01. The number of nitrogen functional groups attached to an aromatic ring is 1. The summed E-state index contributed by atoms with van der Waals surface area (Å²) >= 11 is 0. The Balaban J connectivity index is 2.38. The SMILES string of the molecule is Cc1cc(N)c(C)c(S(=O)(=O)Nc2cc(C(C)C)[nH]n2)c1. The topological polar surface area (TPSA) is 101 Å². The van der Waals surface area contributed by atoms with Crippen molar-refractivity contribution in [2.45, 2.75) is 38.5 Å². The third kappa shape index (κ3) is 3.18. The molecular formula is C14H20N4O2S. The number of nitrogens with two attached hydrogens (primary N) is 1. The minimum atomic E-state index is -3.71. The van der Waals surface area contributed by atoms with Gasteiger partial charge in [-0.05, 0) is 43.0 Å². The smallest absolute Gasteiger partial charge is 0.263 e. The van der Waals surface area contributed by atoms with Gasteiger partial charge in [0.15, 0.2) is 5.82 Å². The number of anilines is 2. The Kier molecular flexibility index (Phi) is 3.95. The average Bonchev–Trinajstić information content (AvgIpc) is 2.81. The lowest BCUT2D eigenvalue weighted by Crippen LogP contribution is -2.15. The summed E-state index contributed by atoms with van der Waals surface area (Å²) in [6.45, 7) is 7.49. The molecule has 0 amide bonds. The molecule has 6 nitrogen and oxygen atoms in total. The molecule has 114 valence electrons. The minimum Gasteiger partial charge on any atom is -0.398 e. The van der Waals surface area contributed by atoms with Crippen LogP contribution in [0.25, 0.3) is 0 Å². The quantitative estimate of drug-likeness (QED) is 0.755. The van der Waals surface area contributed by atoms with E-state index in [4.69, 9.17) is 5.73 Å². The van der Waals surface area contributed by atoms with Crippen molar-refractivity contribution in [3.63, 3.8) is 0 Å². The lowest BCUT2D eigenvalue weighted by Gasteiger charge is -2.11. The summed E-state index contributed by atoms with van der Waals surface area (Å²) in [6.07, 6.45) is 0. The Hall–Kier alpha value is -2.02. The summed E-state index contributed by atoms with van der Waals surface area (Å²) in [7, 11) is -3.71. The highest BCUT2D eigenvalue weighted by Crippen LogP contribution is 2.25. The van der Waals surface area contributed by atoms with E-state index in [1.807, 2.05) is 13.8 Å². The molecule has 0 radical (unpaired) electrons. The number of aryl methyl sites for hydroxylation is 1. The van der Waals surface area contributed by atoms with Gasteiger partial charge in [-0.25, -0.2) is 8.42 Å². The van der Waals surface area contributed by atoms with Crippen molar-refractivity contribution in [1.82, 2.24) is 10.2 Å². The van der Waals surface area contributed by atoms with E-state index in [1.165, 1.54) is 0 Å². The van der Waals surface area contributed by atoms with Crippen LogP contribution in [0.15, 0.2) is 23.1 Å². The number of rotatable bonds is 4. The van der Waals surface area contributed by atoms with Crippen LogP contribution in [0.2, 0.25) is 0 Å². The van der Waals surface area contributed by atoms with Crippen LogP contribution >= 0.6 is 0 Å². The molecular weight excluding hydrogens is 288 g/mol. The van der Waals surface area contributed by atoms with Gasteiger partial charge in [0.1, 0.15) is 0 Å². The molecule has 7 heteroatoms. The van der Waals surface area contributed by atoms with Crippen molar-refractivity contribution in [2.24, 2.45) is 0 Å². The van der Waals surface area contributed by atoms with Crippen LogP contribution in [0.5, 0.6) is 0 Å². The lowest BCUT2D eigenvalue weighted by molar-refractivity contribution is 0.600. The van der Waals surface area contributed by atoms with Crippen molar-refractivity contribution in [2.75, 3.05) is 10.5 Å². The standard InChI is InChI=1S/C14H20N4O2S/c1-8(2)12-7-14(17-16-12)18-21(19,20)13-6-9(3)5-11(15)10(13)4/h5-8H,15H2,1-4H3,(H2,16,17,18). The van der Waals surface area contributed by atoms with Crippen molar-refractivity contribution < 1.29 is 8.42 Å². The first-order chi connectivity index (χ1) is 9.70. The summed E-state index contributed by atoms with van der Waals surface area (Å²) < 4.78 is 27.5. The number of benzene rings is 1. The molecule has 0 fully saturated rings. The predicted octanol–water partition coefficient (Wildman–Crippen LogP) is 2.53. The largest absolute Gasteiger partial charge is 0.398 e. The number of H-pyrrole nitrogens is 1. The van der Waals surface area contributed by atoms with Crippen LogP contribution < -0.4 is 10.5 Å². The fraction of sp³-hybridized carbons (Fsp3) is 0.357. The molecule has 2 aromatic rings. The highest BCUT2D eigenvalue weighted by molar-refractivity contribution is 7.92. The van der Waals surface area contributed by atoms with Crippen LogP contribution in [-0.4, -0.2) is 18.6 Å². The van der Waals surface area contributed by atoms with Crippen molar-refractivity contribution in [1.29, 1.82) is 0 Å². The van der Waals surface area contributed by atoms with E-state index in [0.717, 1.165) is 11.3 Å². The van der Waals surface area contributed by atoms with Crippen LogP contribution in [0.4, 0.5) is 11.5 Å². The van der Waals surface area contributed by atoms with E-state index in [-0.39, 0.29) is 16.6 Å². The second-order valence-corrected chi connectivity index (χ2v) is 7.10. The molecule has 0 bridgehead atoms. The number of hydrogen-bond donors (Lipinski definition) is 3. The summed E-state index contributed by atoms with van der Waals surface area (Å²) in [6, 6.07) is 5.04. The Morgan fingerprint density at radius 2 is 1.90 bits per heavy atom. The normalized spacial score (nSPS) is 11.9. The van der Waals surface area contributed by atoms with Gasteiger partial charge in [-0.3, -0.25) is 9.82 Å². The molecule has 0 unspecified atom stereocenters. The van der Waals surface area contributed by atoms with Gasteiger partial charge in [-0.1, -0.05) is 13.8 Å². The first-order valence-corrected chi connectivity index (χ1v) is 8.14.